The van der Waals surface area contributed by atoms with Gasteiger partial charge in [0.05, 0.1) is 11.2 Å². The summed E-state index contributed by atoms with van der Waals surface area (Å²) >= 11 is 0. The van der Waals surface area contributed by atoms with Gasteiger partial charge >= 0.3 is 7.48 Å². The van der Waals surface area contributed by atoms with E-state index in [1.807, 2.05) is 13.8 Å². The third kappa shape index (κ3) is 4.72. The molecule has 91 valence electrons. The molecule has 0 aromatic heterocycles. The average molecular weight is 225 g/mol. The summed E-state index contributed by atoms with van der Waals surface area (Å²) in [5, 5.41) is 12.8. The number of hydrogen-bond acceptors (Lipinski definition) is 4. The van der Waals surface area contributed by atoms with E-state index >= 15 is 0 Å². The maximum atomic E-state index is 9.90. The Labute approximate surface area is 98.8 Å². The van der Waals surface area contributed by atoms with Crippen LogP contribution >= 0.6 is 0 Å². The molecule has 0 aliphatic carbocycles. The first kappa shape index (κ1) is 15.1. The van der Waals surface area contributed by atoms with E-state index in [1.54, 1.807) is 40.7 Å². The fourth-order valence-electron chi connectivity index (χ4n) is 0.759. The minimum atomic E-state index is -0.930. The Morgan fingerprint density at radius 2 is 1.94 bits per heavy atom. The van der Waals surface area contributed by atoms with Crippen LogP contribution in [0.15, 0.2) is 23.9 Å². The van der Waals surface area contributed by atoms with Crippen molar-refractivity contribution in [1.82, 2.24) is 5.32 Å². The van der Waals surface area contributed by atoms with Gasteiger partial charge in [0.15, 0.2) is 0 Å². The van der Waals surface area contributed by atoms with Gasteiger partial charge in [-0.25, -0.2) is 0 Å². The molecule has 4 N–H and O–H groups in total. The summed E-state index contributed by atoms with van der Waals surface area (Å²) in [4.78, 5) is 0. The Bertz CT molecular complexity index is 268. The second-order valence-corrected chi connectivity index (χ2v) is 4.60. The molecule has 0 saturated carbocycles. The summed E-state index contributed by atoms with van der Waals surface area (Å²) in [5.41, 5.74) is 4.50. The SMILES string of the molecule is CN/C=C([B]OC(C)(C)C(C)(C)O)\C=C/N. The van der Waals surface area contributed by atoms with E-state index in [0.29, 0.717) is 0 Å². The standard InChI is InChI=1S/C11H22BN2O2/c1-10(2,15)11(3,4)16-12-9(6-7-13)8-14-5/h6-8,14-15H,13H2,1-5H3/b7-6-,9-8+. The van der Waals surface area contributed by atoms with Crippen LogP contribution in [0.1, 0.15) is 27.7 Å². The molecule has 0 unspecified atom stereocenters. The lowest BCUT2D eigenvalue weighted by Gasteiger charge is -2.37. The van der Waals surface area contributed by atoms with E-state index in [4.69, 9.17) is 10.4 Å². The highest BCUT2D eigenvalue weighted by molar-refractivity contribution is 6.39. The van der Waals surface area contributed by atoms with Crippen molar-refractivity contribution in [3.8, 4) is 0 Å². The minimum Gasteiger partial charge on any atom is -0.427 e. The largest absolute Gasteiger partial charge is 0.427 e. The molecule has 0 heterocycles. The first-order valence-electron chi connectivity index (χ1n) is 5.23. The van der Waals surface area contributed by atoms with E-state index in [9.17, 15) is 5.11 Å². The molecule has 0 aliphatic heterocycles. The van der Waals surface area contributed by atoms with Crippen LogP contribution in [-0.4, -0.2) is 30.8 Å². The first-order valence-corrected chi connectivity index (χ1v) is 5.23. The van der Waals surface area contributed by atoms with Crippen LogP contribution in [0.3, 0.4) is 0 Å². The Morgan fingerprint density at radius 3 is 2.31 bits per heavy atom. The predicted octanol–water partition coefficient (Wildman–Crippen LogP) is 0.705. The summed E-state index contributed by atoms with van der Waals surface area (Å²) in [6.45, 7) is 7.07. The van der Waals surface area contributed by atoms with Crippen molar-refractivity contribution >= 4 is 7.48 Å². The molecule has 0 spiro atoms. The normalized spacial score (nSPS) is 14.2. The van der Waals surface area contributed by atoms with E-state index in [1.165, 1.54) is 6.20 Å². The highest BCUT2D eigenvalue weighted by Gasteiger charge is 2.35. The zero-order valence-corrected chi connectivity index (χ0v) is 10.7. The highest BCUT2D eigenvalue weighted by Crippen LogP contribution is 2.24. The van der Waals surface area contributed by atoms with Gasteiger partial charge in [-0.05, 0) is 51.6 Å². The molecule has 0 bridgehead atoms. The van der Waals surface area contributed by atoms with Gasteiger partial charge < -0.3 is 20.8 Å². The molecule has 1 radical (unpaired) electrons. The molecular formula is C11H22BN2O2. The van der Waals surface area contributed by atoms with E-state index in [0.717, 1.165) is 5.47 Å². The van der Waals surface area contributed by atoms with E-state index < -0.39 is 11.2 Å². The van der Waals surface area contributed by atoms with Gasteiger partial charge in [-0.1, -0.05) is 0 Å². The molecule has 0 saturated heterocycles. The monoisotopic (exact) mass is 225 g/mol. The lowest BCUT2D eigenvalue weighted by Crippen LogP contribution is -2.48. The molecule has 5 heteroatoms. The average Bonchev–Trinajstić information content (AvgIpc) is 2.13. The Morgan fingerprint density at radius 1 is 1.38 bits per heavy atom. The molecule has 0 amide bonds. The van der Waals surface area contributed by atoms with Crippen LogP contribution in [0.2, 0.25) is 0 Å². The maximum absolute atomic E-state index is 9.90. The van der Waals surface area contributed by atoms with Gasteiger partial charge in [0.1, 0.15) is 0 Å². The lowest BCUT2D eigenvalue weighted by atomic mass is 9.82. The van der Waals surface area contributed by atoms with Gasteiger partial charge in [-0.2, -0.15) is 0 Å². The van der Waals surface area contributed by atoms with Gasteiger partial charge in [0, 0.05) is 7.05 Å². The first-order chi connectivity index (χ1) is 7.24. The molecule has 16 heavy (non-hydrogen) atoms. The van der Waals surface area contributed by atoms with Crippen molar-refractivity contribution in [1.29, 1.82) is 0 Å². The zero-order chi connectivity index (χ0) is 12.8. The molecule has 4 nitrogen and oxygen atoms in total. The molecule has 0 atom stereocenters. The molecule has 0 fully saturated rings. The van der Waals surface area contributed by atoms with Crippen molar-refractivity contribution in [2.75, 3.05) is 7.05 Å². The summed E-state index contributed by atoms with van der Waals surface area (Å²) in [5.74, 6) is 0. The van der Waals surface area contributed by atoms with Crippen LogP contribution in [0, 0.1) is 0 Å². The summed E-state index contributed by atoms with van der Waals surface area (Å²) < 4.78 is 5.57. The number of rotatable bonds is 6. The third-order valence-electron chi connectivity index (χ3n) is 2.56. The summed E-state index contributed by atoms with van der Waals surface area (Å²) in [7, 11) is 3.36. The third-order valence-corrected chi connectivity index (χ3v) is 2.56. The second-order valence-electron chi connectivity index (χ2n) is 4.60. The fourth-order valence-corrected chi connectivity index (χ4v) is 0.759. The van der Waals surface area contributed by atoms with Gasteiger partial charge in [0.25, 0.3) is 0 Å². The van der Waals surface area contributed by atoms with Crippen molar-refractivity contribution < 1.29 is 9.76 Å². The maximum Gasteiger partial charge on any atom is 0.332 e. The van der Waals surface area contributed by atoms with Crippen molar-refractivity contribution in [2.45, 2.75) is 38.9 Å². The van der Waals surface area contributed by atoms with Crippen LogP contribution in [0.25, 0.3) is 0 Å². The number of allylic oxidation sites excluding steroid dienone is 2. The molecular weight excluding hydrogens is 203 g/mol. The number of aliphatic hydroxyl groups is 1. The molecule has 0 aromatic carbocycles. The zero-order valence-electron chi connectivity index (χ0n) is 10.7. The Kier molecular flexibility index (Phi) is 5.61. The minimum absolute atomic E-state index is 0.678. The Balaban J connectivity index is 4.48. The quantitative estimate of drug-likeness (QED) is 0.460. The second kappa shape index (κ2) is 5.96. The topological polar surface area (TPSA) is 67.5 Å². The number of hydrogen-bond donors (Lipinski definition) is 3. The molecule has 0 aliphatic rings. The summed E-state index contributed by atoms with van der Waals surface area (Å²) in [6, 6.07) is 0. The van der Waals surface area contributed by atoms with E-state index in [-0.39, 0.29) is 0 Å². The van der Waals surface area contributed by atoms with Gasteiger partial charge in [-0.3, -0.25) is 0 Å². The number of nitrogens with two attached hydrogens (primary N) is 1. The lowest BCUT2D eigenvalue weighted by molar-refractivity contribution is -0.0896. The van der Waals surface area contributed by atoms with Gasteiger partial charge in [-0.15, -0.1) is 0 Å². The highest BCUT2D eigenvalue weighted by atomic mass is 16.5. The smallest absolute Gasteiger partial charge is 0.332 e. The predicted molar refractivity (Wildman–Crippen MR) is 67.7 cm³/mol. The van der Waals surface area contributed by atoms with Crippen LogP contribution in [0.5, 0.6) is 0 Å². The van der Waals surface area contributed by atoms with Gasteiger partial charge in [0.2, 0.25) is 0 Å². The van der Waals surface area contributed by atoms with Crippen LogP contribution in [-0.2, 0) is 4.65 Å². The van der Waals surface area contributed by atoms with Crippen LogP contribution in [0.4, 0.5) is 0 Å². The summed E-state index contributed by atoms with van der Waals surface area (Å²) in [6.07, 6.45) is 4.89. The fraction of sp³-hybridized carbons (Fsp3) is 0.636. The van der Waals surface area contributed by atoms with Crippen molar-refractivity contribution in [2.24, 2.45) is 5.73 Å². The molecule has 0 rings (SSSR count). The molecule has 0 aromatic rings. The van der Waals surface area contributed by atoms with Crippen LogP contribution < -0.4 is 11.1 Å². The van der Waals surface area contributed by atoms with Crippen molar-refractivity contribution in [3.63, 3.8) is 0 Å². The van der Waals surface area contributed by atoms with E-state index in [2.05, 4.69) is 5.32 Å². The Hall–Kier alpha value is -0.935. The number of nitrogens with one attached hydrogen (secondary N) is 1. The van der Waals surface area contributed by atoms with Crippen molar-refractivity contribution in [3.05, 3.63) is 23.9 Å².